The molecule has 1 heterocycles. The highest BCUT2D eigenvalue weighted by atomic mass is 16.4. The van der Waals surface area contributed by atoms with Crippen LogP contribution in [0.3, 0.4) is 0 Å². The lowest BCUT2D eigenvalue weighted by atomic mass is 9.96. The highest BCUT2D eigenvalue weighted by Crippen LogP contribution is 2.19. The third-order valence-corrected chi connectivity index (χ3v) is 3.46. The SMILES string of the molecule is O=C(O)C1CCN(C(=O)Cc2cccc(O)c2)CC1. The van der Waals surface area contributed by atoms with Crippen LogP contribution in [0.4, 0.5) is 0 Å². The average molecular weight is 263 g/mol. The third-order valence-electron chi connectivity index (χ3n) is 3.46. The van der Waals surface area contributed by atoms with Crippen molar-refractivity contribution in [1.82, 2.24) is 4.90 Å². The first-order chi connectivity index (χ1) is 9.06. The molecule has 1 amide bonds. The Bertz CT molecular complexity index is 478. The number of amides is 1. The van der Waals surface area contributed by atoms with Gasteiger partial charge in [-0.05, 0) is 30.5 Å². The van der Waals surface area contributed by atoms with E-state index in [1.807, 2.05) is 0 Å². The van der Waals surface area contributed by atoms with Crippen LogP contribution in [0.2, 0.25) is 0 Å². The Morgan fingerprint density at radius 3 is 2.53 bits per heavy atom. The predicted octanol–water partition coefficient (Wildman–Crippen LogP) is 1.26. The molecular weight excluding hydrogens is 246 g/mol. The Hall–Kier alpha value is -2.04. The van der Waals surface area contributed by atoms with E-state index < -0.39 is 5.97 Å². The molecular formula is C14H17NO4. The van der Waals surface area contributed by atoms with Crippen LogP contribution in [-0.4, -0.2) is 40.1 Å². The van der Waals surface area contributed by atoms with E-state index >= 15 is 0 Å². The summed E-state index contributed by atoms with van der Waals surface area (Å²) in [6.45, 7) is 0.989. The Balaban J connectivity index is 1.90. The molecule has 1 aromatic carbocycles. The van der Waals surface area contributed by atoms with E-state index in [1.54, 1.807) is 29.2 Å². The van der Waals surface area contributed by atoms with Gasteiger partial charge in [0.15, 0.2) is 0 Å². The molecule has 1 fully saturated rings. The normalized spacial score (nSPS) is 16.3. The topological polar surface area (TPSA) is 77.8 Å². The molecule has 1 aliphatic rings. The highest BCUT2D eigenvalue weighted by Gasteiger charge is 2.26. The van der Waals surface area contributed by atoms with Crippen molar-refractivity contribution >= 4 is 11.9 Å². The van der Waals surface area contributed by atoms with Gasteiger partial charge in [-0.3, -0.25) is 9.59 Å². The summed E-state index contributed by atoms with van der Waals surface area (Å²) in [5, 5.41) is 18.2. The highest BCUT2D eigenvalue weighted by molar-refractivity contribution is 5.79. The van der Waals surface area contributed by atoms with Crippen molar-refractivity contribution in [2.75, 3.05) is 13.1 Å². The molecule has 0 spiro atoms. The van der Waals surface area contributed by atoms with Crippen molar-refractivity contribution in [3.8, 4) is 5.75 Å². The first-order valence-electron chi connectivity index (χ1n) is 6.35. The molecule has 0 aliphatic carbocycles. The second-order valence-corrected chi connectivity index (χ2v) is 4.84. The fourth-order valence-electron chi connectivity index (χ4n) is 2.33. The Morgan fingerprint density at radius 2 is 1.95 bits per heavy atom. The van der Waals surface area contributed by atoms with Crippen LogP contribution in [0.1, 0.15) is 18.4 Å². The van der Waals surface area contributed by atoms with E-state index in [1.165, 1.54) is 0 Å². The summed E-state index contributed by atoms with van der Waals surface area (Å²) in [5.74, 6) is -0.978. The zero-order valence-electron chi connectivity index (χ0n) is 10.6. The van der Waals surface area contributed by atoms with E-state index in [0.717, 1.165) is 5.56 Å². The van der Waals surface area contributed by atoms with E-state index in [9.17, 15) is 14.7 Å². The molecule has 2 N–H and O–H groups in total. The van der Waals surface area contributed by atoms with E-state index in [2.05, 4.69) is 0 Å². The second-order valence-electron chi connectivity index (χ2n) is 4.84. The van der Waals surface area contributed by atoms with Gasteiger partial charge in [-0.1, -0.05) is 12.1 Å². The molecule has 5 heteroatoms. The molecule has 1 aliphatic heterocycles. The number of piperidine rings is 1. The van der Waals surface area contributed by atoms with E-state index in [0.29, 0.717) is 25.9 Å². The quantitative estimate of drug-likeness (QED) is 0.860. The molecule has 19 heavy (non-hydrogen) atoms. The lowest BCUT2D eigenvalue weighted by Gasteiger charge is -2.30. The fraction of sp³-hybridized carbons (Fsp3) is 0.429. The number of benzene rings is 1. The molecule has 2 rings (SSSR count). The van der Waals surface area contributed by atoms with E-state index in [-0.39, 0.29) is 24.0 Å². The molecule has 0 saturated carbocycles. The summed E-state index contributed by atoms with van der Waals surface area (Å²) < 4.78 is 0. The third kappa shape index (κ3) is 3.47. The number of carboxylic acid groups (broad SMARTS) is 1. The molecule has 0 aromatic heterocycles. The van der Waals surface area contributed by atoms with Crippen LogP contribution < -0.4 is 0 Å². The van der Waals surface area contributed by atoms with Gasteiger partial charge in [0.2, 0.25) is 5.91 Å². The minimum atomic E-state index is -0.778. The van der Waals surface area contributed by atoms with Crippen molar-refractivity contribution in [3.05, 3.63) is 29.8 Å². The second kappa shape index (κ2) is 5.73. The van der Waals surface area contributed by atoms with Gasteiger partial charge in [-0.15, -0.1) is 0 Å². The van der Waals surface area contributed by atoms with Crippen LogP contribution in [-0.2, 0) is 16.0 Å². The van der Waals surface area contributed by atoms with Gasteiger partial charge in [0.1, 0.15) is 5.75 Å². The van der Waals surface area contributed by atoms with Crippen LogP contribution in [0.25, 0.3) is 0 Å². The number of aliphatic carboxylic acids is 1. The van der Waals surface area contributed by atoms with E-state index in [4.69, 9.17) is 5.11 Å². The number of carbonyl (C=O) groups is 2. The standard InChI is InChI=1S/C14H17NO4/c16-12-3-1-2-10(8-12)9-13(17)15-6-4-11(5-7-15)14(18)19/h1-3,8,11,16H,4-7,9H2,(H,18,19). The summed E-state index contributed by atoms with van der Waals surface area (Å²) in [7, 11) is 0. The minimum Gasteiger partial charge on any atom is -0.508 e. The van der Waals surface area contributed by atoms with Crippen LogP contribution in [0, 0.1) is 5.92 Å². The smallest absolute Gasteiger partial charge is 0.306 e. The number of carboxylic acids is 1. The van der Waals surface area contributed by atoms with Gasteiger partial charge >= 0.3 is 5.97 Å². The molecule has 1 aromatic rings. The number of phenolic OH excluding ortho intramolecular Hbond substituents is 1. The zero-order valence-corrected chi connectivity index (χ0v) is 10.6. The molecule has 0 bridgehead atoms. The van der Waals surface area contributed by atoms with Gasteiger partial charge in [0.05, 0.1) is 12.3 Å². The average Bonchev–Trinajstić information content (AvgIpc) is 2.39. The number of hydrogen-bond donors (Lipinski definition) is 2. The van der Waals surface area contributed by atoms with Crippen LogP contribution in [0.5, 0.6) is 5.75 Å². The van der Waals surface area contributed by atoms with Gasteiger partial charge in [0, 0.05) is 13.1 Å². The van der Waals surface area contributed by atoms with Crippen LogP contribution >= 0.6 is 0 Å². The molecule has 1 saturated heterocycles. The van der Waals surface area contributed by atoms with Crippen LogP contribution in [0.15, 0.2) is 24.3 Å². The minimum absolute atomic E-state index is 0.0190. The summed E-state index contributed by atoms with van der Waals surface area (Å²) in [6, 6.07) is 6.63. The van der Waals surface area contributed by atoms with Crippen molar-refractivity contribution in [2.45, 2.75) is 19.3 Å². The Morgan fingerprint density at radius 1 is 1.26 bits per heavy atom. The van der Waals surface area contributed by atoms with Gasteiger partial charge < -0.3 is 15.1 Å². The summed E-state index contributed by atoms with van der Waals surface area (Å²) in [4.78, 5) is 24.6. The molecule has 0 atom stereocenters. The number of aromatic hydroxyl groups is 1. The first-order valence-corrected chi connectivity index (χ1v) is 6.35. The molecule has 0 unspecified atom stereocenters. The number of nitrogens with zero attached hydrogens (tertiary/aromatic N) is 1. The lowest BCUT2D eigenvalue weighted by molar-refractivity contribution is -0.145. The predicted molar refractivity (Wildman–Crippen MR) is 68.8 cm³/mol. The van der Waals surface area contributed by atoms with Crippen molar-refractivity contribution in [2.24, 2.45) is 5.92 Å². The number of hydrogen-bond acceptors (Lipinski definition) is 3. The maximum Gasteiger partial charge on any atom is 0.306 e. The maximum atomic E-state index is 12.1. The van der Waals surface area contributed by atoms with Crippen molar-refractivity contribution in [3.63, 3.8) is 0 Å². The monoisotopic (exact) mass is 263 g/mol. The molecule has 5 nitrogen and oxygen atoms in total. The molecule has 102 valence electrons. The van der Waals surface area contributed by atoms with Gasteiger partial charge in [-0.2, -0.15) is 0 Å². The first kappa shape index (κ1) is 13.4. The largest absolute Gasteiger partial charge is 0.508 e. The number of rotatable bonds is 3. The fourth-order valence-corrected chi connectivity index (χ4v) is 2.33. The maximum absolute atomic E-state index is 12.1. The Kier molecular flexibility index (Phi) is 4.04. The van der Waals surface area contributed by atoms with Gasteiger partial charge in [0.25, 0.3) is 0 Å². The van der Waals surface area contributed by atoms with Gasteiger partial charge in [-0.25, -0.2) is 0 Å². The van der Waals surface area contributed by atoms with Crippen molar-refractivity contribution in [1.29, 1.82) is 0 Å². The zero-order chi connectivity index (χ0) is 13.8. The summed E-state index contributed by atoms with van der Waals surface area (Å²) in [6.07, 6.45) is 1.27. The Labute approximate surface area is 111 Å². The van der Waals surface area contributed by atoms with Crippen molar-refractivity contribution < 1.29 is 19.8 Å². The number of phenols is 1. The summed E-state index contributed by atoms with van der Waals surface area (Å²) in [5.41, 5.74) is 0.769. The molecule has 0 radical (unpaired) electrons. The summed E-state index contributed by atoms with van der Waals surface area (Å²) >= 11 is 0. The lowest BCUT2D eigenvalue weighted by Crippen LogP contribution is -2.40. The number of likely N-dealkylation sites (tertiary alicyclic amines) is 1. The number of carbonyl (C=O) groups excluding carboxylic acids is 1.